The summed E-state index contributed by atoms with van der Waals surface area (Å²) < 4.78 is 12.2. The fourth-order valence-corrected chi connectivity index (χ4v) is 3.78. The van der Waals surface area contributed by atoms with Crippen LogP contribution >= 0.6 is 0 Å². The molecule has 2 saturated heterocycles. The lowest BCUT2D eigenvalue weighted by Crippen LogP contribution is -2.57. The maximum atomic E-state index is 6.11. The molecule has 0 amide bonds. The molecule has 0 radical (unpaired) electrons. The third-order valence-corrected chi connectivity index (χ3v) is 5.17. The molecule has 6 nitrogen and oxygen atoms in total. The summed E-state index contributed by atoms with van der Waals surface area (Å²) in [6.07, 6.45) is 3.61. The molecule has 0 bridgehead atoms. The second kappa shape index (κ2) is 7.76. The van der Waals surface area contributed by atoms with Crippen molar-refractivity contribution in [2.45, 2.75) is 32.3 Å². The Kier molecular flexibility index (Phi) is 5.69. The van der Waals surface area contributed by atoms with Crippen LogP contribution in [-0.4, -0.2) is 74.8 Å². The average Bonchev–Trinajstić information content (AvgIpc) is 2.59. The van der Waals surface area contributed by atoms with Crippen LogP contribution in [0, 0.1) is 12.3 Å². The van der Waals surface area contributed by atoms with Crippen LogP contribution in [0.3, 0.4) is 0 Å². The van der Waals surface area contributed by atoms with Crippen molar-refractivity contribution in [3.05, 3.63) is 17.8 Å². The molecular weight excluding hydrogens is 304 g/mol. The number of anilines is 1. The van der Waals surface area contributed by atoms with E-state index in [1.807, 2.05) is 13.0 Å². The molecule has 1 aromatic rings. The average molecular weight is 334 g/mol. The fourth-order valence-electron chi connectivity index (χ4n) is 3.78. The van der Waals surface area contributed by atoms with Gasteiger partial charge in [0.15, 0.2) is 5.82 Å². The van der Waals surface area contributed by atoms with Crippen LogP contribution in [0.15, 0.2) is 12.1 Å². The standard InChI is InChI=1S/C18H30N4O2/c1-15-5-6-17(20-19-15)22-9-7-16-18(13-22,8-4-11-24-16)14-23-12-10-21(2)3/h5-6,16H,4,7-14H2,1-3H3/t16-,18+/m1/s1. The minimum atomic E-state index is 0.0787. The van der Waals surface area contributed by atoms with Gasteiger partial charge in [0.2, 0.25) is 0 Å². The van der Waals surface area contributed by atoms with E-state index in [1.54, 1.807) is 0 Å². The summed E-state index contributed by atoms with van der Waals surface area (Å²) in [6, 6.07) is 4.11. The van der Waals surface area contributed by atoms with Crippen molar-refractivity contribution < 1.29 is 9.47 Å². The second-order valence-corrected chi connectivity index (χ2v) is 7.42. The Labute approximate surface area is 145 Å². The number of aryl methyl sites for hydroxylation is 1. The Morgan fingerprint density at radius 2 is 2.25 bits per heavy atom. The maximum Gasteiger partial charge on any atom is 0.151 e. The van der Waals surface area contributed by atoms with Crippen LogP contribution < -0.4 is 4.90 Å². The van der Waals surface area contributed by atoms with Crippen LogP contribution in [0.2, 0.25) is 0 Å². The number of hydrogen-bond donors (Lipinski definition) is 0. The van der Waals surface area contributed by atoms with Crippen molar-refractivity contribution in [1.29, 1.82) is 0 Å². The van der Waals surface area contributed by atoms with Gasteiger partial charge in [-0.15, -0.1) is 5.10 Å². The number of nitrogens with zero attached hydrogens (tertiary/aromatic N) is 4. The highest BCUT2D eigenvalue weighted by Crippen LogP contribution is 2.41. The van der Waals surface area contributed by atoms with E-state index in [1.165, 1.54) is 0 Å². The van der Waals surface area contributed by atoms with Gasteiger partial charge in [0.1, 0.15) is 0 Å². The highest BCUT2D eigenvalue weighted by molar-refractivity contribution is 5.39. The molecule has 24 heavy (non-hydrogen) atoms. The van der Waals surface area contributed by atoms with E-state index < -0.39 is 0 Å². The van der Waals surface area contributed by atoms with Crippen molar-refractivity contribution in [3.8, 4) is 0 Å². The molecule has 2 aliphatic rings. The number of ether oxygens (including phenoxy) is 2. The van der Waals surface area contributed by atoms with E-state index in [-0.39, 0.29) is 5.41 Å². The first-order valence-electron chi connectivity index (χ1n) is 8.98. The normalized spacial score (nSPS) is 27.3. The molecule has 1 aromatic heterocycles. The highest BCUT2D eigenvalue weighted by atomic mass is 16.5. The Morgan fingerprint density at radius 1 is 1.38 bits per heavy atom. The van der Waals surface area contributed by atoms with Gasteiger partial charge in [-0.25, -0.2) is 0 Å². The molecule has 134 valence electrons. The molecule has 0 spiro atoms. The Bertz CT molecular complexity index is 522. The summed E-state index contributed by atoms with van der Waals surface area (Å²) in [4.78, 5) is 4.51. The van der Waals surface area contributed by atoms with Gasteiger partial charge in [-0.3, -0.25) is 0 Å². The molecule has 2 atom stereocenters. The third kappa shape index (κ3) is 4.05. The van der Waals surface area contributed by atoms with E-state index in [9.17, 15) is 0 Å². The van der Waals surface area contributed by atoms with Crippen molar-refractivity contribution in [2.24, 2.45) is 5.41 Å². The number of aromatic nitrogens is 2. The lowest BCUT2D eigenvalue weighted by Gasteiger charge is -2.50. The zero-order valence-corrected chi connectivity index (χ0v) is 15.2. The van der Waals surface area contributed by atoms with Crippen LogP contribution in [0.1, 0.15) is 25.0 Å². The van der Waals surface area contributed by atoms with E-state index in [0.717, 1.165) is 70.2 Å². The largest absolute Gasteiger partial charge is 0.379 e. The highest BCUT2D eigenvalue weighted by Gasteiger charge is 2.46. The zero-order valence-electron chi connectivity index (χ0n) is 15.2. The third-order valence-electron chi connectivity index (χ3n) is 5.17. The zero-order chi connectivity index (χ0) is 17.0. The number of fused-ring (bicyclic) bond motifs is 1. The lowest BCUT2D eigenvalue weighted by atomic mass is 9.73. The first-order chi connectivity index (χ1) is 11.6. The summed E-state index contributed by atoms with van der Waals surface area (Å²) in [5.74, 6) is 0.970. The van der Waals surface area contributed by atoms with Crippen molar-refractivity contribution in [1.82, 2.24) is 15.1 Å². The van der Waals surface area contributed by atoms with Gasteiger partial charge in [0.25, 0.3) is 0 Å². The Balaban J connectivity index is 1.68. The quantitative estimate of drug-likeness (QED) is 0.739. The number of piperidine rings is 1. The molecule has 3 rings (SSSR count). The summed E-state index contributed by atoms with van der Waals surface area (Å²) in [5.41, 5.74) is 1.03. The summed E-state index contributed by atoms with van der Waals surface area (Å²) in [5, 5.41) is 8.59. The molecule has 0 saturated carbocycles. The smallest absolute Gasteiger partial charge is 0.151 e. The Morgan fingerprint density at radius 3 is 3.00 bits per heavy atom. The van der Waals surface area contributed by atoms with Gasteiger partial charge < -0.3 is 19.3 Å². The molecule has 2 aliphatic heterocycles. The SMILES string of the molecule is Cc1ccc(N2CC[C@H]3OCCC[C@@]3(COCCN(C)C)C2)nn1. The van der Waals surface area contributed by atoms with Gasteiger partial charge in [-0.2, -0.15) is 5.10 Å². The molecule has 2 fully saturated rings. The van der Waals surface area contributed by atoms with Crippen molar-refractivity contribution in [3.63, 3.8) is 0 Å². The number of hydrogen-bond acceptors (Lipinski definition) is 6. The van der Waals surface area contributed by atoms with Gasteiger partial charge in [0.05, 0.1) is 25.0 Å². The predicted molar refractivity (Wildman–Crippen MR) is 94.4 cm³/mol. The van der Waals surface area contributed by atoms with Gasteiger partial charge >= 0.3 is 0 Å². The van der Waals surface area contributed by atoms with E-state index in [0.29, 0.717) is 6.10 Å². The van der Waals surface area contributed by atoms with Crippen LogP contribution in [0.25, 0.3) is 0 Å². The van der Waals surface area contributed by atoms with E-state index in [4.69, 9.17) is 9.47 Å². The number of rotatable bonds is 6. The topological polar surface area (TPSA) is 50.7 Å². The lowest BCUT2D eigenvalue weighted by molar-refractivity contribution is -0.125. The second-order valence-electron chi connectivity index (χ2n) is 7.42. The van der Waals surface area contributed by atoms with Gasteiger partial charge in [-0.1, -0.05) is 0 Å². The molecule has 0 aromatic carbocycles. The minimum absolute atomic E-state index is 0.0787. The molecular formula is C18H30N4O2. The molecule has 3 heterocycles. The number of likely N-dealkylation sites (N-methyl/N-ethyl adjacent to an activating group) is 1. The molecule has 0 aliphatic carbocycles. The van der Waals surface area contributed by atoms with Gasteiger partial charge in [0, 0.05) is 31.7 Å². The summed E-state index contributed by atoms with van der Waals surface area (Å²) in [7, 11) is 4.15. The monoisotopic (exact) mass is 334 g/mol. The van der Waals surface area contributed by atoms with Crippen LogP contribution in [-0.2, 0) is 9.47 Å². The first kappa shape index (κ1) is 17.6. The van der Waals surface area contributed by atoms with Crippen molar-refractivity contribution in [2.75, 3.05) is 58.5 Å². The van der Waals surface area contributed by atoms with Crippen LogP contribution in [0.5, 0.6) is 0 Å². The van der Waals surface area contributed by atoms with E-state index >= 15 is 0 Å². The molecule has 6 heteroatoms. The first-order valence-corrected chi connectivity index (χ1v) is 8.98. The fraction of sp³-hybridized carbons (Fsp3) is 0.778. The maximum absolute atomic E-state index is 6.11. The minimum Gasteiger partial charge on any atom is -0.379 e. The van der Waals surface area contributed by atoms with Crippen molar-refractivity contribution >= 4 is 5.82 Å². The summed E-state index contributed by atoms with van der Waals surface area (Å²) in [6.45, 7) is 7.26. The van der Waals surface area contributed by atoms with Gasteiger partial charge in [-0.05, 0) is 52.4 Å². The van der Waals surface area contributed by atoms with E-state index in [2.05, 4.69) is 40.2 Å². The predicted octanol–water partition coefficient (Wildman–Crippen LogP) is 1.74. The van der Waals surface area contributed by atoms with Crippen LogP contribution in [0.4, 0.5) is 5.82 Å². The molecule has 0 N–H and O–H groups in total. The molecule has 0 unspecified atom stereocenters. The Hall–Kier alpha value is -1.24. The summed E-state index contributed by atoms with van der Waals surface area (Å²) >= 11 is 0.